The molecule has 0 aliphatic carbocycles. The summed E-state index contributed by atoms with van der Waals surface area (Å²) < 4.78 is 0. The van der Waals surface area contributed by atoms with Crippen LogP contribution in [0.4, 0.5) is 0 Å². The molecule has 0 aromatic carbocycles. The molecule has 4 heteroatoms. The molecule has 0 aliphatic rings. The van der Waals surface area contributed by atoms with Crippen molar-refractivity contribution < 1.29 is 14.6 Å². The van der Waals surface area contributed by atoms with Crippen molar-refractivity contribution in [1.29, 1.82) is 0 Å². The van der Waals surface area contributed by atoms with Gasteiger partial charge in [-0.1, -0.05) is 13.8 Å². The van der Waals surface area contributed by atoms with E-state index in [2.05, 4.69) is 23.6 Å². The number of carbonyl (C=O) groups excluding carboxylic acids is 1. The summed E-state index contributed by atoms with van der Waals surface area (Å²) in [6.07, 6.45) is 0.910. The molecule has 0 spiro atoms. The van der Waals surface area contributed by atoms with E-state index in [1.807, 2.05) is 0 Å². The van der Waals surface area contributed by atoms with Gasteiger partial charge >= 0.3 is 35.5 Å². The summed E-state index contributed by atoms with van der Waals surface area (Å²) in [5.74, 6) is 0.180. The first-order chi connectivity index (χ1) is 4.63. The average Bonchev–Trinajstić information content (AvgIpc) is 1.79. The van der Waals surface area contributed by atoms with Crippen molar-refractivity contribution in [1.82, 2.24) is 0 Å². The third-order valence-corrected chi connectivity index (χ3v) is 0.955. The number of hydrogen-bond acceptors (Lipinski definition) is 3. The Morgan fingerprint density at radius 1 is 1.45 bits per heavy atom. The van der Waals surface area contributed by atoms with Gasteiger partial charge in [0, 0.05) is 6.92 Å². The first-order valence-electron chi connectivity index (χ1n) is 3.43. The molecule has 0 atom stereocenters. The van der Waals surface area contributed by atoms with Crippen LogP contribution < -0.4 is 0 Å². The molecular weight excluding hydrogens is 155 g/mol. The van der Waals surface area contributed by atoms with Gasteiger partial charge in [0.1, 0.15) is 0 Å². The van der Waals surface area contributed by atoms with Crippen LogP contribution >= 0.6 is 0 Å². The van der Waals surface area contributed by atoms with E-state index in [9.17, 15) is 4.79 Å². The summed E-state index contributed by atoms with van der Waals surface area (Å²) in [6.45, 7) is 5.96. The molecule has 0 unspecified atom stereocenters. The standard InChI is InChI=1S/C7H14O3.Na.H/c1-6(2)4-5-9-10-7(3)8;;/h6H,4-5H2,1-3H3;;. The van der Waals surface area contributed by atoms with Gasteiger partial charge in [-0.15, -0.1) is 0 Å². The van der Waals surface area contributed by atoms with Gasteiger partial charge in [-0.25, -0.2) is 4.79 Å². The van der Waals surface area contributed by atoms with E-state index < -0.39 is 5.97 Å². The normalized spacial score (nSPS) is 9.09. The summed E-state index contributed by atoms with van der Waals surface area (Å²) in [6, 6.07) is 0. The molecule has 0 aliphatic heterocycles. The fourth-order valence-electron chi connectivity index (χ4n) is 0.408. The molecule has 0 heterocycles. The number of carbonyl (C=O) groups is 1. The molecule has 0 amide bonds. The van der Waals surface area contributed by atoms with Gasteiger partial charge in [0.15, 0.2) is 0 Å². The van der Waals surface area contributed by atoms with Crippen molar-refractivity contribution in [3.8, 4) is 0 Å². The minimum atomic E-state index is -0.399. The van der Waals surface area contributed by atoms with Crippen LogP contribution in [0.3, 0.4) is 0 Å². The summed E-state index contributed by atoms with van der Waals surface area (Å²) in [5.41, 5.74) is 0. The number of rotatable bonds is 4. The first kappa shape index (κ1) is 14.0. The van der Waals surface area contributed by atoms with E-state index in [4.69, 9.17) is 0 Å². The van der Waals surface area contributed by atoms with Gasteiger partial charge in [-0.2, -0.15) is 4.89 Å². The van der Waals surface area contributed by atoms with Crippen LogP contribution in [-0.4, -0.2) is 42.1 Å². The molecule has 0 aromatic rings. The average molecular weight is 170 g/mol. The van der Waals surface area contributed by atoms with E-state index in [1.165, 1.54) is 6.92 Å². The minimum absolute atomic E-state index is 0. The zero-order chi connectivity index (χ0) is 7.98. The van der Waals surface area contributed by atoms with Gasteiger partial charge in [0.2, 0.25) is 0 Å². The molecule has 0 saturated carbocycles. The molecule has 0 rings (SSSR count). The van der Waals surface area contributed by atoms with Gasteiger partial charge in [0.05, 0.1) is 6.61 Å². The van der Waals surface area contributed by atoms with E-state index in [0.29, 0.717) is 12.5 Å². The van der Waals surface area contributed by atoms with E-state index in [1.54, 1.807) is 0 Å². The van der Waals surface area contributed by atoms with Crippen molar-refractivity contribution in [3.63, 3.8) is 0 Å². The monoisotopic (exact) mass is 170 g/mol. The predicted molar refractivity (Wildman–Crippen MR) is 44.3 cm³/mol. The Bertz CT molecular complexity index is 104. The SMILES string of the molecule is CC(=O)OOCCC(C)C.[NaH]. The van der Waals surface area contributed by atoms with E-state index >= 15 is 0 Å². The Kier molecular flexibility index (Phi) is 10.8. The molecule has 62 valence electrons. The Morgan fingerprint density at radius 3 is 2.36 bits per heavy atom. The maximum atomic E-state index is 10.1. The number of hydrogen-bond donors (Lipinski definition) is 0. The summed E-state index contributed by atoms with van der Waals surface area (Å²) in [5, 5.41) is 0. The van der Waals surface area contributed by atoms with Crippen LogP contribution in [0.1, 0.15) is 27.2 Å². The molecule has 0 N–H and O–H groups in total. The Labute approximate surface area is 89.7 Å². The topological polar surface area (TPSA) is 35.5 Å². The van der Waals surface area contributed by atoms with Gasteiger partial charge in [0.25, 0.3) is 0 Å². The van der Waals surface area contributed by atoms with E-state index in [-0.39, 0.29) is 29.6 Å². The van der Waals surface area contributed by atoms with Gasteiger partial charge in [-0.3, -0.25) is 4.89 Å². The van der Waals surface area contributed by atoms with Crippen LogP contribution in [-0.2, 0) is 14.6 Å². The van der Waals surface area contributed by atoms with Crippen LogP contribution in [0, 0.1) is 5.92 Å². The molecule has 0 saturated heterocycles. The van der Waals surface area contributed by atoms with Crippen molar-refractivity contribution in [2.24, 2.45) is 5.92 Å². The van der Waals surface area contributed by atoms with Crippen molar-refractivity contribution in [2.45, 2.75) is 27.2 Å². The second kappa shape index (κ2) is 8.53. The van der Waals surface area contributed by atoms with Crippen molar-refractivity contribution >= 4 is 35.5 Å². The van der Waals surface area contributed by atoms with Gasteiger partial charge < -0.3 is 0 Å². The fourth-order valence-corrected chi connectivity index (χ4v) is 0.408. The van der Waals surface area contributed by atoms with Crippen LogP contribution in [0.25, 0.3) is 0 Å². The zero-order valence-corrected chi connectivity index (χ0v) is 6.72. The Balaban J connectivity index is 0. The van der Waals surface area contributed by atoms with Crippen molar-refractivity contribution in [3.05, 3.63) is 0 Å². The zero-order valence-electron chi connectivity index (χ0n) is 6.72. The maximum absolute atomic E-state index is 10.1. The van der Waals surface area contributed by atoms with Crippen molar-refractivity contribution in [2.75, 3.05) is 6.61 Å². The molecule has 0 fully saturated rings. The van der Waals surface area contributed by atoms with Crippen LogP contribution in [0.5, 0.6) is 0 Å². The summed E-state index contributed by atoms with van der Waals surface area (Å²) in [4.78, 5) is 19.0. The predicted octanol–water partition coefficient (Wildman–Crippen LogP) is 0.879. The summed E-state index contributed by atoms with van der Waals surface area (Å²) in [7, 11) is 0. The molecule has 3 nitrogen and oxygen atoms in total. The fraction of sp³-hybridized carbons (Fsp3) is 0.857. The van der Waals surface area contributed by atoms with Gasteiger partial charge in [-0.05, 0) is 12.3 Å². The van der Waals surface area contributed by atoms with Crippen LogP contribution in [0.15, 0.2) is 0 Å². The second-order valence-electron chi connectivity index (χ2n) is 2.58. The Morgan fingerprint density at radius 2 is 2.00 bits per heavy atom. The molecule has 0 aromatic heterocycles. The third kappa shape index (κ3) is 13.4. The summed E-state index contributed by atoms with van der Waals surface area (Å²) >= 11 is 0. The first-order valence-corrected chi connectivity index (χ1v) is 3.43. The molecule has 0 radical (unpaired) electrons. The molecule has 0 bridgehead atoms. The van der Waals surface area contributed by atoms with E-state index in [0.717, 1.165) is 6.42 Å². The van der Waals surface area contributed by atoms with Crippen LogP contribution in [0.2, 0.25) is 0 Å². The molecule has 11 heavy (non-hydrogen) atoms. The quantitative estimate of drug-likeness (QED) is 0.272. The molecular formula is C7H15NaO3. The Hall–Kier alpha value is 0.430. The third-order valence-electron chi connectivity index (χ3n) is 0.955. The second-order valence-corrected chi connectivity index (χ2v) is 2.58.